The summed E-state index contributed by atoms with van der Waals surface area (Å²) >= 11 is 0. The Balaban J connectivity index is 1.91. The van der Waals surface area contributed by atoms with E-state index in [9.17, 15) is 4.79 Å². The van der Waals surface area contributed by atoms with Gasteiger partial charge in [0.15, 0.2) is 0 Å². The lowest BCUT2D eigenvalue weighted by Crippen LogP contribution is -2.37. The van der Waals surface area contributed by atoms with Gasteiger partial charge >= 0.3 is 0 Å². The van der Waals surface area contributed by atoms with Gasteiger partial charge in [0, 0.05) is 11.6 Å². The van der Waals surface area contributed by atoms with Crippen molar-refractivity contribution in [3.63, 3.8) is 0 Å². The van der Waals surface area contributed by atoms with Gasteiger partial charge in [-0.05, 0) is 49.9 Å². The molecule has 0 spiro atoms. The van der Waals surface area contributed by atoms with Crippen molar-refractivity contribution in [1.82, 2.24) is 5.32 Å². The van der Waals surface area contributed by atoms with Crippen LogP contribution in [0.5, 0.6) is 5.75 Å². The van der Waals surface area contributed by atoms with Crippen LogP contribution in [0.1, 0.15) is 49.9 Å². The number of carbonyl (C=O) groups excluding carboxylic acids is 1. The highest BCUT2D eigenvalue weighted by Gasteiger charge is 2.20. The number of rotatable bonds is 4. The molecule has 104 valence electrons. The molecule has 1 aromatic carbocycles. The molecule has 0 saturated heterocycles. The van der Waals surface area contributed by atoms with Crippen LogP contribution in [0.4, 0.5) is 0 Å². The second-order valence-electron chi connectivity index (χ2n) is 5.40. The van der Waals surface area contributed by atoms with Crippen molar-refractivity contribution in [3.8, 4) is 5.75 Å². The van der Waals surface area contributed by atoms with Crippen molar-refractivity contribution in [1.29, 1.82) is 0 Å². The quantitative estimate of drug-likeness (QED) is 0.902. The molecule has 0 aliphatic heterocycles. The number of amides is 1. The van der Waals surface area contributed by atoms with E-state index in [1.807, 2.05) is 31.2 Å². The van der Waals surface area contributed by atoms with Crippen molar-refractivity contribution in [2.75, 3.05) is 6.61 Å². The smallest absolute Gasteiger partial charge is 0.251 e. The van der Waals surface area contributed by atoms with Gasteiger partial charge in [-0.25, -0.2) is 0 Å². The minimum Gasteiger partial charge on any atom is -0.494 e. The number of carbonyl (C=O) groups is 1. The minimum atomic E-state index is 0.0298. The Morgan fingerprint density at radius 1 is 1.32 bits per heavy atom. The standard InChI is InChI=1S/C16H23NO2/c1-3-19-15-9-7-13(8-10-15)16(18)17-14-6-4-5-12(2)11-14/h7-10,12,14H,3-6,11H2,1-2H3,(H,17,18). The summed E-state index contributed by atoms with van der Waals surface area (Å²) < 4.78 is 5.37. The molecule has 0 aromatic heterocycles. The van der Waals surface area contributed by atoms with Crippen LogP contribution in [0, 0.1) is 5.92 Å². The number of nitrogens with one attached hydrogen (secondary N) is 1. The molecule has 1 saturated carbocycles. The lowest BCUT2D eigenvalue weighted by molar-refractivity contribution is 0.0921. The lowest BCUT2D eigenvalue weighted by atomic mass is 9.87. The van der Waals surface area contributed by atoms with Gasteiger partial charge in [0.1, 0.15) is 5.75 Å². The summed E-state index contributed by atoms with van der Waals surface area (Å²) in [6.45, 7) is 4.85. The van der Waals surface area contributed by atoms with Crippen LogP contribution < -0.4 is 10.1 Å². The van der Waals surface area contributed by atoms with E-state index in [1.54, 1.807) is 0 Å². The molecule has 1 N–H and O–H groups in total. The van der Waals surface area contributed by atoms with Crippen LogP contribution in [0.25, 0.3) is 0 Å². The first-order valence-corrected chi connectivity index (χ1v) is 7.22. The van der Waals surface area contributed by atoms with Crippen LogP contribution in [0.3, 0.4) is 0 Å². The Hall–Kier alpha value is -1.51. The molecular weight excluding hydrogens is 238 g/mol. The third-order valence-corrected chi connectivity index (χ3v) is 3.70. The first kappa shape index (κ1) is 13.9. The van der Waals surface area contributed by atoms with E-state index in [0.717, 1.165) is 24.5 Å². The third kappa shape index (κ3) is 3.98. The van der Waals surface area contributed by atoms with E-state index >= 15 is 0 Å². The van der Waals surface area contributed by atoms with Gasteiger partial charge < -0.3 is 10.1 Å². The molecule has 2 unspecified atom stereocenters. The summed E-state index contributed by atoms with van der Waals surface area (Å²) in [5.74, 6) is 1.56. The molecule has 0 bridgehead atoms. The Bertz CT molecular complexity index is 413. The molecular formula is C16H23NO2. The average molecular weight is 261 g/mol. The molecule has 3 nitrogen and oxygen atoms in total. The van der Waals surface area contributed by atoms with Crippen LogP contribution >= 0.6 is 0 Å². The van der Waals surface area contributed by atoms with E-state index in [-0.39, 0.29) is 5.91 Å². The summed E-state index contributed by atoms with van der Waals surface area (Å²) in [5.41, 5.74) is 0.710. The Kier molecular flexibility index (Phi) is 4.83. The zero-order valence-electron chi connectivity index (χ0n) is 11.8. The normalized spacial score (nSPS) is 22.8. The Morgan fingerprint density at radius 3 is 2.68 bits per heavy atom. The van der Waals surface area contributed by atoms with E-state index < -0.39 is 0 Å². The second kappa shape index (κ2) is 6.60. The SMILES string of the molecule is CCOc1ccc(C(=O)NC2CCCC(C)C2)cc1. The van der Waals surface area contributed by atoms with Gasteiger partial charge in [-0.2, -0.15) is 0 Å². The highest BCUT2D eigenvalue weighted by Crippen LogP contribution is 2.23. The predicted molar refractivity (Wildman–Crippen MR) is 76.5 cm³/mol. The first-order valence-electron chi connectivity index (χ1n) is 7.22. The van der Waals surface area contributed by atoms with Crippen LogP contribution in [-0.2, 0) is 0 Å². The van der Waals surface area contributed by atoms with Gasteiger partial charge in [0.05, 0.1) is 6.61 Å². The topological polar surface area (TPSA) is 38.3 Å². The summed E-state index contributed by atoms with van der Waals surface area (Å²) in [6, 6.07) is 7.69. The molecule has 19 heavy (non-hydrogen) atoms. The van der Waals surface area contributed by atoms with Crippen LogP contribution in [0.2, 0.25) is 0 Å². The maximum atomic E-state index is 12.1. The highest BCUT2D eigenvalue weighted by molar-refractivity contribution is 5.94. The molecule has 1 aliphatic rings. The molecule has 1 aliphatic carbocycles. The molecule has 2 atom stereocenters. The summed E-state index contributed by atoms with van der Waals surface area (Å²) in [7, 11) is 0. The molecule has 0 heterocycles. The summed E-state index contributed by atoms with van der Waals surface area (Å²) in [4.78, 5) is 12.1. The number of benzene rings is 1. The fraction of sp³-hybridized carbons (Fsp3) is 0.562. The van der Waals surface area contributed by atoms with Crippen LogP contribution in [0.15, 0.2) is 24.3 Å². The van der Waals surface area contributed by atoms with Gasteiger partial charge in [-0.15, -0.1) is 0 Å². The molecule has 1 fully saturated rings. The van der Waals surface area contributed by atoms with Gasteiger partial charge in [0.25, 0.3) is 5.91 Å². The molecule has 1 aromatic rings. The molecule has 3 heteroatoms. The summed E-state index contributed by atoms with van der Waals surface area (Å²) in [6.07, 6.45) is 4.71. The van der Waals surface area contributed by atoms with E-state index in [2.05, 4.69) is 12.2 Å². The van der Waals surface area contributed by atoms with Crippen molar-refractivity contribution in [2.45, 2.75) is 45.6 Å². The van der Waals surface area contributed by atoms with Crippen molar-refractivity contribution >= 4 is 5.91 Å². The zero-order chi connectivity index (χ0) is 13.7. The minimum absolute atomic E-state index is 0.0298. The number of hydrogen-bond donors (Lipinski definition) is 1. The van der Waals surface area contributed by atoms with Gasteiger partial charge in [0.2, 0.25) is 0 Å². The predicted octanol–water partition coefficient (Wildman–Crippen LogP) is 3.39. The first-order chi connectivity index (χ1) is 9.19. The molecule has 0 radical (unpaired) electrons. The Morgan fingerprint density at radius 2 is 2.05 bits per heavy atom. The fourth-order valence-corrected chi connectivity index (χ4v) is 2.70. The van der Waals surface area contributed by atoms with E-state index in [1.165, 1.54) is 12.8 Å². The number of ether oxygens (including phenoxy) is 1. The molecule has 1 amide bonds. The third-order valence-electron chi connectivity index (χ3n) is 3.70. The summed E-state index contributed by atoms with van der Waals surface area (Å²) in [5, 5.41) is 3.14. The lowest BCUT2D eigenvalue weighted by Gasteiger charge is -2.27. The zero-order valence-corrected chi connectivity index (χ0v) is 11.8. The van der Waals surface area contributed by atoms with Gasteiger partial charge in [-0.1, -0.05) is 19.8 Å². The Labute approximate surface area is 115 Å². The number of hydrogen-bond acceptors (Lipinski definition) is 2. The fourth-order valence-electron chi connectivity index (χ4n) is 2.70. The van der Waals surface area contributed by atoms with Gasteiger partial charge in [-0.3, -0.25) is 4.79 Å². The highest BCUT2D eigenvalue weighted by atomic mass is 16.5. The largest absolute Gasteiger partial charge is 0.494 e. The van der Waals surface area contributed by atoms with E-state index in [0.29, 0.717) is 18.2 Å². The maximum Gasteiger partial charge on any atom is 0.251 e. The van der Waals surface area contributed by atoms with Crippen molar-refractivity contribution < 1.29 is 9.53 Å². The van der Waals surface area contributed by atoms with Crippen molar-refractivity contribution in [3.05, 3.63) is 29.8 Å². The average Bonchev–Trinajstić information content (AvgIpc) is 2.40. The van der Waals surface area contributed by atoms with Crippen molar-refractivity contribution in [2.24, 2.45) is 5.92 Å². The van der Waals surface area contributed by atoms with Crippen LogP contribution in [-0.4, -0.2) is 18.6 Å². The monoisotopic (exact) mass is 261 g/mol. The van der Waals surface area contributed by atoms with E-state index in [4.69, 9.17) is 4.74 Å². The molecule has 2 rings (SSSR count). The maximum absolute atomic E-state index is 12.1. The second-order valence-corrected chi connectivity index (χ2v) is 5.40.